The lowest BCUT2D eigenvalue weighted by atomic mass is 9.60. The van der Waals surface area contributed by atoms with Crippen molar-refractivity contribution in [1.82, 2.24) is 0 Å². The van der Waals surface area contributed by atoms with Gasteiger partial charge in [0.25, 0.3) is 0 Å². The van der Waals surface area contributed by atoms with Crippen LogP contribution in [0.4, 0.5) is 0 Å². The summed E-state index contributed by atoms with van der Waals surface area (Å²) in [7, 11) is 0. The highest BCUT2D eigenvalue weighted by Gasteiger charge is 2.58. The monoisotopic (exact) mass is 166 g/mol. The molecule has 2 saturated carbocycles. The van der Waals surface area contributed by atoms with Crippen molar-refractivity contribution in [3.63, 3.8) is 0 Å². The summed E-state index contributed by atoms with van der Waals surface area (Å²) in [4.78, 5) is 0. The van der Waals surface area contributed by atoms with E-state index in [0.717, 1.165) is 17.8 Å². The number of fused-ring (bicyclic) bond motifs is 2. The van der Waals surface area contributed by atoms with Gasteiger partial charge in [-0.1, -0.05) is 34.6 Å². The Hall–Kier alpha value is 0. The Balaban J connectivity index is 2.33. The third-order valence-electron chi connectivity index (χ3n) is 5.05. The molecule has 2 aliphatic carbocycles. The first-order valence-corrected chi connectivity index (χ1v) is 5.36. The molecule has 0 N–H and O–H groups in total. The van der Waals surface area contributed by atoms with E-state index in [1.165, 1.54) is 12.8 Å². The molecule has 0 aliphatic heterocycles. The van der Waals surface area contributed by atoms with Crippen molar-refractivity contribution >= 4 is 0 Å². The van der Waals surface area contributed by atoms with Crippen LogP contribution in [0.5, 0.6) is 0 Å². The molecule has 0 radical (unpaired) electrons. The van der Waals surface area contributed by atoms with E-state index >= 15 is 0 Å². The van der Waals surface area contributed by atoms with Gasteiger partial charge in [0, 0.05) is 0 Å². The van der Waals surface area contributed by atoms with Crippen molar-refractivity contribution < 1.29 is 0 Å². The molecule has 0 aromatic rings. The standard InChI is InChI=1S/C12H22/c1-8-9-6-10(12(8,4)5)11(2,3)7-9/h8-10H,6-7H2,1-5H3. The van der Waals surface area contributed by atoms with Gasteiger partial charge in [-0.25, -0.2) is 0 Å². The molecule has 0 heteroatoms. The predicted molar refractivity (Wildman–Crippen MR) is 52.9 cm³/mol. The van der Waals surface area contributed by atoms with E-state index in [1.807, 2.05) is 0 Å². The number of rotatable bonds is 0. The van der Waals surface area contributed by atoms with Crippen LogP contribution in [-0.4, -0.2) is 0 Å². The van der Waals surface area contributed by atoms with Crippen molar-refractivity contribution in [2.24, 2.45) is 28.6 Å². The quantitative estimate of drug-likeness (QED) is 0.514. The molecule has 0 aromatic heterocycles. The molecule has 0 heterocycles. The molecular formula is C12H22. The highest BCUT2D eigenvalue weighted by atomic mass is 14.6. The fourth-order valence-corrected chi connectivity index (χ4v) is 4.14. The number of hydrogen-bond donors (Lipinski definition) is 0. The SMILES string of the molecule is CC1C2CC(C(C)(C)C2)C1(C)C. The summed E-state index contributed by atoms with van der Waals surface area (Å²) in [6.07, 6.45) is 2.98. The average molecular weight is 166 g/mol. The Morgan fingerprint density at radius 3 is 2.00 bits per heavy atom. The highest BCUT2D eigenvalue weighted by molar-refractivity contribution is 5.07. The Morgan fingerprint density at radius 1 is 1.08 bits per heavy atom. The lowest BCUT2D eigenvalue weighted by molar-refractivity contribution is 0.0371. The molecule has 0 saturated heterocycles. The van der Waals surface area contributed by atoms with Crippen LogP contribution in [0.2, 0.25) is 0 Å². The van der Waals surface area contributed by atoms with Crippen LogP contribution >= 0.6 is 0 Å². The zero-order chi connectivity index (χ0) is 9.15. The minimum Gasteiger partial charge on any atom is -0.0617 e. The lowest BCUT2D eigenvalue weighted by Crippen LogP contribution is -2.38. The molecule has 2 aliphatic rings. The van der Waals surface area contributed by atoms with Crippen LogP contribution in [0, 0.1) is 28.6 Å². The molecule has 0 aromatic carbocycles. The zero-order valence-electron chi connectivity index (χ0n) is 9.15. The van der Waals surface area contributed by atoms with E-state index in [9.17, 15) is 0 Å². The van der Waals surface area contributed by atoms with Gasteiger partial charge in [0.15, 0.2) is 0 Å². The summed E-state index contributed by atoms with van der Waals surface area (Å²) in [5, 5.41) is 0. The second-order valence-corrected chi connectivity index (χ2v) is 6.35. The molecular weight excluding hydrogens is 144 g/mol. The van der Waals surface area contributed by atoms with Gasteiger partial charge in [0.1, 0.15) is 0 Å². The largest absolute Gasteiger partial charge is 0.0617 e. The van der Waals surface area contributed by atoms with E-state index in [0.29, 0.717) is 10.8 Å². The molecule has 0 nitrogen and oxygen atoms in total. The van der Waals surface area contributed by atoms with E-state index in [1.54, 1.807) is 0 Å². The normalized spacial score (nSPS) is 48.2. The van der Waals surface area contributed by atoms with Gasteiger partial charge in [0.05, 0.1) is 0 Å². The molecule has 12 heavy (non-hydrogen) atoms. The highest BCUT2D eigenvalue weighted by Crippen LogP contribution is 2.66. The van der Waals surface area contributed by atoms with E-state index in [2.05, 4.69) is 34.6 Å². The fourth-order valence-electron chi connectivity index (χ4n) is 4.14. The molecule has 3 unspecified atom stereocenters. The summed E-state index contributed by atoms with van der Waals surface area (Å²) >= 11 is 0. The molecule has 0 spiro atoms. The Morgan fingerprint density at radius 2 is 1.67 bits per heavy atom. The lowest BCUT2D eigenvalue weighted by Gasteiger charge is -2.45. The fraction of sp³-hybridized carbons (Fsp3) is 1.00. The Kier molecular flexibility index (Phi) is 1.49. The van der Waals surface area contributed by atoms with Crippen molar-refractivity contribution in [2.75, 3.05) is 0 Å². The van der Waals surface area contributed by atoms with Gasteiger partial charge in [0.2, 0.25) is 0 Å². The van der Waals surface area contributed by atoms with Gasteiger partial charge < -0.3 is 0 Å². The molecule has 3 atom stereocenters. The van der Waals surface area contributed by atoms with Gasteiger partial charge in [-0.2, -0.15) is 0 Å². The van der Waals surface area contributed by atoms with Crippen LogP contribution in [0.25, 0.3) is 0 Å². The summed E-state index contributed by atoms with van der Waals surface area (Å²) < 4.78 is 0. The maximum Gasteiger partial charge on any atom is -0.0292 e. The zero-order valence-corrected chi connectivity index (χ0v) is 9.15. The first-order valence-electron chi connectivity index (χ1n) is 5.36. The van der Waals surface area contributed by atoms with E-state index in [4.69, 9.17) is 0 Å². The molecule has 2 rings (SSSR count). The minimum absolute atomic E-state index is 0.604. The Labute approximate surface area is 76.7 Å². The van der Waals surface area contributed by atoms with Crippen LogP contribution in [-0.2, 0) is 0 Å². The summed E-state index contributed by atoms with van der Waals surface area (Å²) in [6, 6.07) is 0. The smallest absolute Gasteiger partial charge is 0.0292 e. The average Bonchev–Trinajstić information content (AvgIpc) is 2.31. The van der Waals surface area contributed by atoms with Crippen LogP contribution in [0.15, 0.2) is 0 Å². The maximum atomic E-state index is 2.48. The van der Waals surface area contributed by atoms with Gasteiger partial charge in [-0.15, -0.1) is 0 Å². The van der Waals surface area contributed by atoms with Crippen LogP contribution in [0.1, 0.15) is 47.5 Å². The van der Waals surface area contributed by atoms with E-state index < -0.39 is 0 Å². The predicted octanol–water partition coefficient (Wildman–Crippen LogP) is 3.71. The van der Waals surface area contributed by atoms with Crippen molar-refractivity contribution in [1.29, 1.82) is 0 Å². The second kappa shape index (κ2) is 2.08. The van der Waals surface area contributed by atoms with Crippen LogP contribution < -0.4 is 0 Å². The van der Waals surface area contributed by atoms with Gasteiger partial charge in [-0.05, 0) is 41.4 Å². The summed E-state index contributed by atoms with van der Waals surface area (Å²) in [5.41, 5.74) is 1.23. The van der Waals surface area contributed by atoms with Crippen molar-refractivity contribution in [3.8, 4) is 0 Å². The first-order chi connectivity index (χ1) is 5.36. The van der Waals surface area contributed by atoms with Gasteiger partial charge in [-0.3, -0.25) is 0 Å². The molecule has 70 valence electrons. The molecule has 2 fully saturated rings. The summed E-state index contributed by atoms with van der Waals surface area (Å²) in [6.45, 7) is 12.3. The third kappa shape index (κ3) is 0.843. The topological polar surface area (TPSA) is 0 Å². The maximum absolute atomic E-state index is 2.48. The molecule has 0 amide bonds. The van der Waals surface area contributed by atoms with E-state index in [-0.39, 0.29) is 0 Å². The number of hydrogen-bond acceptors (Lipinski definition) is 0. The first kappa shape index (κ1) is 8.59. The third-order valence-corrected chi connectivity index (χ3v) is 5.05. The summed E-state index contributed by atoms with van der Waals surface area (Å²) in [5.74, 6) is 2.96. The van der Waals surface area contributed by atoms with Crippen LogP contribution in [0.3, 0.4) is 0 Å². The minimum atomic E-state index is 0.604. The Bertz CT molecular complexity index is 200. The molecule has 2 bridgehead atoms. The van der Waals surface area contributed by atoms with Gasteiger partial charge >= 0.3 is 0 Å². The van der Waals surface area contributed by atoms with Crippen molar-refractivity contribution in [3.05, 3.63) is 0 Å². The van der Waals surface area contributed by atoms with Crippen molar-refractivity contribution in [2.45, 2.75) is 47.5 Å². The second-order valence-electron chi connectivity index (χ2n) is 6.35.